The van der Waals surface area contributed by atoms with Crippen molar-refractivity contribution in [1.82, 2.24) is 5.32 Å². The summed E-state index contributed by atoms with van der Waals surface area (Å²) in [5.74, 6) is -1.12. The van der Waals surface area contributed by atoms with E-state index >= 15 is 0 Å². The molecule has 0 aliphatic rings. The van der Waals surface area contributed by atoms with Crippen LogP contribution in [0.1, 0.15) is 35.3 Å². The number of rotatable bonds is 7. The molecule has 0 spiro atoms. The predicted octanol–water partition coefficient (Wildman–Crippen LogP) is 3.88. The summed E-state index contributed by atoms with van der Waals surface area (Å²) < 4.78 is 5.19. The normalized spacial score (nSPS) is 11.6. The van der Waals surface area contributed by atoms with Crippen molar-refractivity contribution in [3.8, 4) is 0 Å². The summed E-state index contributed by atoms with van der Waals surface area (Å²) in [7, 11) is 0. The zero-order valence-electron chi connectivity index (χ0n) is 16.6. The van der Waals surface area contributed by atoms with Crippen molar-refractivity contribution in [2.75, 3.05) is 11.9 Å². The average molecular weight is 382 g/mol. The number of anilines is 1. The highest BCUT2D eigenvalue weighted by Crippen LogP contribution is 2.12. The molecule has 0 aliphatic carbocycles. The number of aryl methyl sites for hydroxylation is 2. The molecule has 6 heteroatoms. The summed E-state index contributed by atoms with van der Waals surface area (Å²) in [5.41, 5.74) is 3.02. The van der Waals surface area contributed by atoms with Crippen LogP contribution in [-0.2, 0) is 9.53 Å². The molecule has 0 heterocycles. The van der Waals surface area contributed by atoms with Crippen LogP contribution in [-0.4, -0.2) is 30.4 Å². The van der Waals surface area contributed by atoms with Crippen LogP contribution < -0.4 is 10.6 Å². The van der Waals surface area contributed by atoms with Gasteiger partial charge in [-0.05, 0) is 37.5 Å². The largest absolute Gasteiger partial charge is 0.456 e. The smallest absolute Gasteiger partial charge is 0.329 e. The first-order valence-corrected chi connectivity index (χ1v) is 9.17. The fourth-order valence-corrected chi connectivity index (χ4v) is 2.76. The molecule has 0 unspecified atom stereocenters. The number of hydrogen-bond acceptors (Lipinski definition) is 4. The summed E-state index contributed by atoms with van der Waals surface area (Å²) in [5, 5.41) is 5.27. The lowest BCUT2D eigenvalue weighted by molar-refractivity contribution is -0.145. The minimum absolute atomic E-state index is 0.203. The fourth-order valence-electron chi connectivity index (χ4n) is 2.76. The molecule has 0 saturated carbocycles. The molecule has 2 aromatic carbocycles. The van der Waals surface area contributed by atoms with Crippen molar-refractivity contribution in [2.45, 2.75) is 33.7 Å². The third-order valence-electron chi connectivity index (χ3n) is 4.27. The maximum atomic E-state index is 12.4. The quantitative estimate of drug-likeness (QED) is 0.562. The lowest BCUT2D eigenvalue weighted by Crippen LogP contribution is -2.47. The van der Waals surface area contributed by atoms with Gasteiger partial charge in [0.15, 0.2) is 6.61 Å². The molecular weight excluding hydrogens is 356 g/mol. The monoisotopic (exact) mass is 382 g/mol. The zero-order valence-corrected chi connectivity index (χ0v) is 16.6. The predicted molar refractivity (Wildman–Crippen MR) is 108 cm³/mol. The molecule has 1 atom stereocenters. The zero-order chi connectivity index (χ0) is 20.7. The van der Waals surface area contributed by atoms with Gasteiger partial charge in [-0.2, -0.15) is 0 Å². The van der Waals surface area contributed by atoms with Crippen molar-refractivity contribution in [3.63, 3.8) is 0 Å². The Morgan fingerprint density at radius 2 is 1.68 bits per heavy atom. The number of benzene rings is 2. The molecule has 148 valence electrons. The SMILES string of the molecule is Cc1ccc(C(=O)COC(=O)[C@@H](NC(=O)Nc2ccccc2)C(C)C)c(C)c1. The highest BCUT2D eigenvalue weighted by Gasteiger charge is 2.26. The van der Waals surface area contributed by atoms with Gasteiger partial charge in [0.1, 0.15) is 6.04 Å². The van der Waals surface area contributed by atoms with Gasteiger partial charge in [-0.15, -0.1) is 0 Å². The van der Waals surface area contributed by atoms with Crippen molar-refractivity contribution in [3.05, 3.63) is 65.2 Å². The van der Waals surface area contributed by atoms with E-state index in [1.54, 1.807) is 44.2 Å². The van der Waals surface area contributed by atoms with Crippen molar-refractivity contribution in [2.24, 2.45) is 5.92 Å². The van der Waals surface area contributed by atoms with Crippen LogP contribution in [0.4, 0.5) is 10.5 Å². The van der Waals surface area contributed by atoms with Crippen LogP contribution in [0.5, 0.6) is 0 Å². The molecule has 2 aromatic rings. The van der Waals surface area contributed by atoms with E-state index in [1.807, 2.05) is 32.0 Å². The second-order valence-electron chi connectivity index (χ2n) is 7.04. The van der Waals surface area contributed by atoms with Gasteiger partial charge >= 0.3 is 12.0 Å². The van der Waals surface area contributed by atoms with Crippen LogP contribution in [0.25, 0.3) is 0 Å². The Morgan fingerprint density at radius 3 is 2.29 bits per heavy atom. The highest BCUT2D eigenvalue weighted by atomic mass is 16.5. The fraction of sp³-hybridized carbons (Fsp3) is 0.318. The van der Waals surface area contributed by atoms with E-state index in [1.165, 1.54) is 0 Å². The van der Waals surface area contributed by atoms with Crippen molar-refractivity contribution < 1.29 is 19.1 Å². The number of para-hydroxylation sites is 1. The van der Waals surface area contributed by atoms with Crippen LogP contribution >= 0.6 is 0 Å². The Morgan fingerprint density at radius 1 is 1.00 bits per heavy atom. The van der Waals surface area contributed by atoms with Gasteiger partial charge in [-0.25, -0.2) is 9.59 Å². The Hall–Kier alpha value is -3.15. The third kappa shape index (κ3) is 5.94. The summed E-state index contributed by atoms with van der Waals surface area (Å²) in [6, 6.07) is 13.0. The van der Waals surface area contributed by atoms with Crippen LogP contribution in [0.2, 0.25) is 0 Å². The van der Waals surface area contributed by atoms with Crippen molar-refractivity contribution >= 4 is 23.5 Å². The lowest BCUT2D eigenvalue weighted by atomic mass is 10.0. The van der Waals surface area contributed by atoms with Crippen LogP contribution in [0.3, 0.4) is 0 Å². The van der Waals surface area contributed by atoms with Gasteiger partial charge in [0.2, 0.25) is 5.78 Å². The molecule has 0 saturated heterocycles. The van der Waals surface area contributed by atoms with Gasteiger partial charge in [0, 0.05) is 11.3 Å². The molecular formula is C22H26N2O4. The van der Waals surface area contributed by atoms with Crippen LogP contribution in [0.15, 0.2) is 48.5 Å². The first kappa shape index (κ1) is 21.2. The number of ketones is 1. The highest BCUT2D eigenvalue weighted by molar-refractivity contribution is 5.99. The Bertz CT molecular complexity index is 847. The number of Topliss-reactive ketones (excluding diaryl/α,β-unsaturated/α-hetero) is 1. The van der Waals surface area contributed by atoms with Crippen LogP contribution in [0, 0.1) is 19.8 Å². The molecule has 0 aliphatic heterocycles. The average Bonchev–Trinajstić information content (AvgIpc) is 2.64. The minimum Gasteiger partial charge on any atom is -0.456 e. The Kier molecular flexibility index (Phi) is 7.32. The van der Waals surface area contributed by atoms with Gasteiger partial charge in [0.05, 0.1) is 0 Å². The molecule has 0 radical (unpaired) electrons. The van der Waals surface area contributed by atoms with E-state index in [-0.39, 0.29) is 18.3 Å². The standard InChI is InChI=1S/C22H26N2O4/c1-14(2)20(24-22(27)23-17-8-6-5-7-9-17)21(26)28-13-19(25)18-11-10-15(3)12-16(18)4/h5-12,14,20H,13H2,1-4H3,(H2,23,24,27)/t20-/m0/s1. The van der Waals surface area contributed by atoms with Gasteiger partial charge in [-0.1, -0.05) is 55.8 Å². The van der Waals surface area contributed by atoms with E-state index in [4.69, 9.17) is 4.74 Å². The third-order valence-corrected chi connectivity index (χ3v) is 4.27. The van der Waals surface area contributed by atoms with Gasteiger partial charge in [-0.3, -0.25) is 4.79 Å². The van der Waals surface area contributed by atoms with Gasteiger partial charge in [0.25, 0.3) is 0 Å². The molecule has 28 heavy (non-hydrogen) atoms. The molecule has 2 N–H and O–H groups in total. The van der Waals surface area contributed by atoms with E-state index in [0.29, 0.717) is 11.3 Å². The maximum Gasteiger partial charge on any atom is 0.329 e. The Balaban J connectivity index is 1.94. The van der Waals surface area contributed by atoms with E-state index in [0.717, 1.165) is 11.1 Å². The number of nitrogens with one attached hydrogen (secondary N) is 2. The van der Waals surface area contributed by atoms with Gasteiger partial charge < -0.3 is 15.4 Å². The first-order chi connectivity index (χ1) is 13.3. The summed E-state index contributed by atoms with van der Waals surface area (Å²) in [4.78, 5) is 37.0. The molecule has 0 bridgehead atoms. The lowest BCUT2D eigenvalue weighted by Gasteiger charge is -2.21. The topological polar surface area (TPSA) is 84.5 Å². The number of hydrogen-bond donors (Lipinski definition) is 2. The molecule has 0 fully saturated rings. The minimum atomic E-state index is -0.865. The molecule has 6 nitrogen and oxygen atoms in total. The summed E-state index contributed by atoms with van der Waals surface area (Å²) in [6.45, 7) is 7.00. The number of ether oxygens (including phenoxy) is 1. The molecule has 0 aromatic heterocycles. The molecule has 2 amide bonds. The number of urea groups is 1. The summed E-state index contributed by atoms with van der Waals surface area (Å²) >= 11 is 0. The van der Waals surface area contributed by atoms with E-state index in [9.17, 15) is 14.4 Å². The van der Waals surface area contributed by atoms with Crippen molar-refractivity contribution in [1.29, 1.82) is 0 Å². The second kappa shape index (κ2) is 9.69. The Labute approximate surface area is 165 Å². The maximum absolute atomic E-state index is 12.4. The van der Waals surface area contributed by atoms with E-state index < -0.39 is 18.0 Å². The number of amides is 2. The number of esters is 1. The number of carbonyl (C=O) groups excluding carboxylic acids is 3. The first-order valence-electron chi connectivity index (χ1n) is 9.17. The van der Waals surface area contributed by atoms with E-state index in [2.05, 4.69) is 10.6 Å². The number of carbonyl (C=O) groups is 3. The second-order valence-corrected chi connectivity index (χ2v) is 7.04. The molecule has 2 rings (SSSR count). The summed E-state index contributed by atoms with van der Waals surface area (Å²) in [6.07, 6.45) is 0.